The maximum atomic E-state index is 11.3. The summed E-state index contributed by atoms with van der Waals surface area (Å²) in [4.78, 5) is 11.3. The van der Waals surface area contributed by atoms with Gasteiger partial charge in [-0.05, 0) is 11.1 Å². The second kappa shape index (κ2) is 7.71. The van der Waals surface area contributed by atoms with Crippen LogP contribution in [0.1, 0.15) is 11.1 Å². The Kier molecular flexibility index (Phi) is 6.15. The first kappa shape index (κ1) is 13.6. The van der Waals surface area contributed by atoms with E-state index in [1.54, 1.807) is 0 Å². The van der Waals surface area contributed by atoms with Crippen LogP contribution in [0.4, 0.5) is 0 Å². The zero-order valence-corrected chi connectivity index (χ0v) is 10.2. The number of nitrogens with one attached hydrogen (secondary N) is 1. The van der Waals surface area contributed by atoms with Crippen molar-refractivity contribution in [3.8, 4) is 6.07 Å². The van der Waals surface area contributed by atoms with Crippen LogP contribution in [-0.4, -0.2) is 22.5 Å². The summed E-state index contributed by atoms with van der Waals surface area (Å²) in [6.07, 6.45) is 0. The largest absolute Gasteiger partial charge is 0.392 e. The van der Waals surface area contributed by atoms with E-state index in [1.165, 1.54) is 11.8 Å². The molecule has 4 nitrogen and oxygen atoms in total. The molecule has 0 fully saturated rings. The standard InChI is InChI=1S/C12H14N2O2S/c13-5-6-17-9-12(16)14-7-10-1-3-11(8-15)4-2-10/h1-4,15H,6-9H2,(H,14,16). The summed E-state index contributed by atoms with van der Waals surface area (Å²) >= 11 is 1.30. The van der Waals surface area contributed by atoms with E-state index >= 15 is 0 Å². The number of aliphatic hydroxyl groups is 1. The quantitative estimate of drug-likeness (QED) is 0.740. The first-order valence-electron chi connectivity index (χ1n) is 5.16. The third-order valence-corrected chi connectivity index (χ3v) is 2.89. The molecule has 0 heterocycles. The lowest BCUT2D eigenvalue weighted by Gasteiger charge is -2.05. The highest BCUT2D eigenvalue weighted by molar-refractivity contribution is 8.00. The molecule has 1 amide bonds. The maximum Gasteiger partial charge on any atom is 0.230 e. The number of benzene rings is 1. The van der Waals surface area contributed by atoms with Crippen LogP contribution in [0.15, 0.2) is 24.3 Å². The van der Waals surface area contributed by atoms with E-state index < -0.39 is 0 Å². The number of nitriles is 1. The summed E-state index contributed by atoms with van der Waals surface area (Å²) in [6, 6.07) is 9.36. The Morgan fingerprint density at radius 2 is 2.00 bits per heavy atom. The molecule has 2 N–H and O–H groups in total. The van der Waals surface area contributed by atoms with Crippen molar-refractivity contribution in [3.63, 3.8) is 0 Å². The fraction of sp³-hybridized carbons (Fsp3) is 0.333. The highest BCUT2D eigenvalue weighted by Gasteiger charge is 2.01. The van der Waals surface area contributed by atoms with Crippen molar-refractivity contribution in [1.29, 1.82) is 5.26 Å². The number of hydrogen-bond acceptors (Lipinski definition) is 4. The van der Waals surface area contributed by atoms with Crippen LogP contribution in [0.25, 0.3) is 0 Å². The average Bonchev–Trinajstić information content (AvgIpc) is 2.37. The Balaban J connectivity index is 2.29. The van der Waals surface area contributed by atoms with Crippen molar-refractivity contribution in [1.82, 2.24) is 5.32 Å². The van der Waals surface area contributed by atoms with Gasteiger partial charge in [0.25, 0.3) is 0 Å². The summed E-state index contributed by atoms with van der Waals surface area (Å²) in [7, 11) is 0. The average molecular weight is 250 g/mol. The zero-order chi connectivity index (χ0) is 12.5. The molecule has 0 spiro atoms. The molecule has 0 saturated heterocycles. The molecule has 0 unspecified atom stereocenters. The number of thioether (sulfide) groups is 1. The van der Waals surface area contributed by atoms with Crippen LogP contribution in [0, 0.1) is 11.3 Å². The van der Waals surface area contributed by atoms with Gasteiger partial charge in [-0.2, -0.15) is 5.26 Å². The highest BCUT2D eigenvalue weighted by atomic mass is 32.2. The van der Waals surface area contributed by atoms with Gasteiger partial charge in [0.15, 0.2) is 0 Å². The molecular weight excluding hydrogens is 236 g/mol. The fourth-order valence-corrected chi connectivity index (χ4v) is 1.68. The molecule has 1 rings (SSSR count). The topological polar surface area (TPSA) is 73.1 Å². The second-order valence-electron chi connectivity index (χ2n) is 3.40. The van der Waals surface area contributed by atoms with Gasteiger partial charge < -0.3 is 10.4 Å². The molecule has 0 aromatic heterocycles. The van der Waals surface area contributed by atoms with E-state index in [2.05, 4.69) is 5.32 Å². The minimum absolute atomic E-state index is 0.0252. The van der Waals surface area contributed by atoms with Crippen LogP contribution < -0.4 is 5.32 Å². The highest BCUT2D eigenvalue weighted by Crippen LogP contribution is 2.04. The lowest BCUT2D eigenvalue weighted by atomic mass is 10.1. The molecule has 0 radical (unpaired) electrons. The molecular formula is C12H14N2O2S. The predicted molar refractivity (Wildman–Crippen MR) is 67.1 cm³/mol. The van der Waals surface area contributed by atoms with Crippen molar-refractivity contribution in [2.45, 2.75) is 13.2 Å². The minimum atomic E-state index is -0.0727. The Morgan fingerprint density at radius 3 is 2.59 bits per heavy atom. The van der Waals surface area contributed by atoms with E-state index in [4.69, 9.17) is 10.4 Å². The van der Waals surface area contributed by atoms with Crippen molar-refractivity contribution in [3.05, 3.63) is 35.4 Å². The van der Waals surface area contributed by atoms with Gasteiger partial charge in [-0.15, -0.1) is 11.8 Å². The lowest BCUT2D eigenvalue weighted by molar-refractivity contribution is -0.118. The van der Waals surface area contributed by atoms with Crippen molar-refractivity contribution < 1.29 is 9.90 Å². The molecule has 17 heavy (non-hydrogen) atoms. The van der Waals surface area contributed by atoms with Crippen molar-refractivity contribution in [2.24, 2.45) is 0 Å². The number of hydrogen-bond donors (Lipinski definition) is 2. The van der Waals surface area contributed by atoms with Gasteiger partial charge >= 0.3 is 0 Å². The van der Waals surface area contributed by atoms with Gasteiger partial charge in [0.05, 0.1) is 24.2 Å². The van der Waals surface area contributed by atoms with Crippen LogP contribution in [0.3, 0.4) is 0 Å². The van der Waals surface area contributed by atoms with E-state index in [1.807, 2.05) is 30.3 Å². The normalized spacial score (nSPS) is 9.65. The number of nitrogens with zero attached hydrogens (tertiary/aromatic N) is 1. The van der Waals surface area contributed by atoms with Gasteiger partial charge in [0.1, 0.15) is 0 Å². The zero-order valence-electron chi connectivity index (χ0n) is 9.35. The molecule has 0 aliphatic carbocycles. The van der Waals surface area contributed by atoms with Crippen LogP contribution in [-0.2, 0) is 17.9 Å². The summed E-state index contributed by atoms with van der Waals surface area (Å²) in [5.74, 6) is 0.567. The summed E-state index contributed by atoms with van der Waals surface area (Å²) in [5.41, 5.74) is 1.84. The number of carbonyl (C=O) groups is 1. The number of rotatable bonds is 6. The number of aliphatic hydroxyl groups excluding tert-OH is 1. The number of carbonyl (C=O) groups excluding carboxylic acids is 1. The molecule has 0 aliphatic rings. The van der Waals surface area contributed by atoms with Gasteiger partial charge in [-0.1, -0.05) is 24.3 Å². The summed E-state index contributed by atoms with van der Waals surface area (Å²) in [6.45, 7) is 0.495. The van der Waals surface area contributed by atoms with Crippen molar-refractivity contribution in [2.75, 3.05) is 11.5 Å². The van der Waals surface area contributed by atoms with Gasteiger partial charge in [0.2, 0.25) is 5.91 Å². The first-order chi connectivity index (χ1) is 8.26. The van der Waals surface area contributed by atoms with E-state index in [-0.39, 0.29) is 12.5 Å². The van der Waals surface area contributed by atoms with E-state index in [0.29, 0.717) is 18.1 Å². The smallest absolute Gasteiger partial charge is 0.230 e. The van der Waals surface area contributed by atoms with Gasteiger partial charge in [-0.3, -0.25) is 4.79 Å². The van der Waals surface area contributed by atoms with Crippen LogP contribution >= 0.6 is 11.8 Å². The maximum absolute atomic E-state index is 11.3. The molecule has 1 aromatic rings. The second-order valence-corrected chi connectivity index (χ2v) is 4.39. The van der Waals surface area contributed by atoms with Crippen LogP contribution in [0.5, 0.6) is 0 Å². The third kappa shape index (κ3) is 5.38. The van der Waals surface area contributed by atoms with E-state index in [9.17, 15) is 4.79 Å². The Morgan fingerprint density at radius 1 is 1.35 bits per heavy atom. The molecule has 90 valence electrons. The van der Waals surface area contributed by atoms with Crippen LogP contribution in [0.2, 0.25) is 0 Å². The molecule has 0 atom stereocenters. The fourth-order valence-electron chi connectivity index (χ4n) is 1.20. The molecule has 0 saturated carbocycles. The third-order valence-electron chi connectivity index (χ3n) is 2.09. The Labute approximate surface area is 105 Å². The predicted octanol–water partition coefficient (Wildman–Crippen LogP) is 1.05. The minimum Gasteiger partial charge on any atom is -0.392 e. The Bertz CT molecular complexity index is 398. The molecule has 0 bridgehead atoms. The van der Waals surface area contributed by atoms with Gasteiger partial charge in [0, 0.05) is 6.54 Å². The molecule has 0 aliphatic heterocycles. The SMILES string of the molecule is N#CCSCC(=O)NCc1ccc(CO)cc1. The Hall–Kier alpha value is -1.51. The summed E-state index contributed by atoms with van der Waals surface area (Å²) < 4.78 is 0. The van der Waals surface area contributed by atoms with Crippen molar-refractivity contribution >= 4 is 17.7 Å². The molecule has 1 aromatic carbocycles. The summed E-state index contributed by atoms with van der Waals surface area (Å²) in [5, 5.41) is 19.9. The first-order valence-corrected chi connectivity index (χ1v) is 6.32. The molecule has 5 heteroatoms. The van der Waals surface area contributed by atoms with Gasteiger partial charge in [-0.25, -0.2) is 0 Å². The number of amides is 1. The lowest BCUT2D eigenvalue weighted by Crippen LogP contribution is -2.24. The van der Waals surface area contributed by atoms with E-state index in [0.717, 1.165) is 11.1 Å². The monoisotopic (exact) mass is 250 g/mol.